The highest BCUT2D eigenvalue weighted by Gasteiger charge is 2.43. The summed E-state index contributed by atoms with van der Waals surface area (Å²) in [6.07, 6.45) is 1.77. The lowest BCUT2D eigenvalue weighted by Crippen LogP contribution is -2.50. The minimum Gasteiger partial charge on any atom is -0.324 e. The van der Waals surface area contributed by atoms with Crippen molar-refractivity contribution in [3.8, 4) is 0 Å². The summed E-state index contributed by atoms with van der Waals surface area (Å²) in [4.78, 5) is 28.6. The standard InChI is InChI=1S/C26H26N2O2/c1-26(17-10-18-28(26)19-20-11-4-2-5-12-20)25(30)27-23-16-9-8-15-22(23)24(29)21-13-6-3-7-14-21/h2-9,11-16H,10,17-19H2,1H3,(H,27,30)/t26-/m1/s1. The Morgan fingerprint density at radius 1 is 0.900 bits per heavy atom. The number of ketones is 1. The molecular formula is C26H26N2O2. The van der Waals surface area contributed by atoms with E-state index in [0.717, 1.165) is 25.9 Å². The van der Waals surface area contributed by atoms with Gasteiger partial charge in [-0.25, -0.2) is 0 Å². The summed E-state index contributed by atoms with van der Waals surface area (Å²) in [6.45, 7) is 3.61. The van der Waals surface area contributed by atoms with Crippen molar-refractivity contribution in [3.63, 3.8) is 0 Å². The summed E-state index contributed by atoms with van der Waals surface area (Å²) in [5.74, 6) is -0.159. The molecule has 0 spiro atoms. The van der Waals surface area contributed by atoms with Crippen LogP contribution < -0.4 is 5.32 Å². The highest BCUT2D eigenvalue weighted by atomic mass is 16.2. The number of likely N-dealkylation sites (tertiary alicyclic amines) is 1. The van der Waals surface area contributed by atoms with Crippen LogP contribution in [0.5, 0.6) is 0 Å². The van der Waals surface area contributed by atoms with Crippen molar-refractivity contribution >= 4 is 17.4 Å². The van der Waals surface area contributed by atoms with Gasteiger partial charge in [0.2, 0.25) is 5.91 Å². The Balaban J connectivity index is 1.56. The predicted molar refractivity (Wildman–Crippen MR) is 119 cm³/mol. The molecule has 4 nitrogen and oxygen atoms in total. The molecule has 0 radical (unpaired) electrons. The lowest BCUT2D eigenvalue weighted by molar-refractivity contribution is -0.125. The molecule has 1 fully saturated rings. The number of anilines is 1. The van der Waals surface area contributed by atoms with Crippen molar-refractivity contribution in [1.29, 1.82) is 0 Å². The van der Waals surface area contributed by atoms with Gasteiger partial charge in [-0.1, -0.05) is 72.8 Å². The topological polar surface area (TPSA) is 49.4 Å². The number of hydrogen-bond donors (Lipinski definition) is 1. The van der Waals surface area contributed by atoms with Crippen molar-refractivity contribution in [1.82, 2.24) is 4.90 Å². The number of carbonyl (C=O) groups excluding carboxylic acids is 2. The Bertz CT molecular complexity index is 1030. The smallest absolute Gasteiger partial charge is 0.244 e. The highest BCUT2D eigenvalue weighted by molar-refractivity contribution is 6.14. The van der Waals surface area contributed by atoms with Crippen LogP contribution in [0, 0.1) is 0 Å². The molecule has 30 heavy (non-hydrogen) atoms. The van der Waals surface area contributed by atoms with Crippen LogP contribution in [-0.4, -0.2) is 28.7 Å². The molecule has 4 rings (SSSR count). The first-order chi connectivity index (χ1) is 14.6. The second-order valence-corrected chi connectivity index (χ2v) is 7.98. The maximum Gasteiger partial charge on any atom is 0.244 e. The molecule has 152 valence electrons. The molecule has 3 aromatic rings. The third kappa shape index (κ3) is 4.05. The molecule has 1 aliphatic rings. The monoisotopic (exact) mass is 398 g/mol. The molecule has 1 aliphatic heterocycles. The van der Waals surface area contributed by atoms with E-state index < -0.39 is 5.54 Å². The Hall–Kier alpha value is -3.24. The summed E-state index contributed by atoms with van der Waals surface area (Å²) in [5.41, 5.74) is 2.26. The molecule has 0 saturated carbocycles. The van der Waals surface area contributed by atoms with E-state index in [9.17, 15) is 9.59 Å². The van der Waals surface area contributed by atoms with Crippen LogP contribution in [0.25, 0.3) is 0 Å². The van der Waals surface area contributed by atoms with Crippen molar-refractivity contribution < 1.29 is 9.59 Å². The van der Waals surface area contributed by atoms with E-state index in [2.05, 4.69) is 22.3 Å². The number of nitrogens with zero attached hydrogens (tertiary/aromatic N) is 1. The molecule has 0 aromatic heterocycles. The fourth-order valence-electron chi connectivity index (χ4n) is 4.13. The fourth-order valence-corrected chi connectivity index (χ4v) is 4.13. The largest absolute Gasteiger partial charge is 0.324 e. The van der Waals surface area contributed by atoms with Crippen LogP contribution in [0.2, 0.25) is 0 Å². The molecule has 0 unspecified atom stereocenters. The lowest BCUT2D eigenvalue weighted by Gasteiger charge is -2.34. The zero-order valence-electron chi connectivity index (χ0n) is 17.2. The number of benzene rings is 3. The van der Waals surface area contributed by atoms with Gasteiger partial charge >= 0.3 is 0 Å². The van der Waals surface area contributed by atoms with Crippen LogP contribution in [-0.2, 0) is 11.3 Å². The van der Waals surface area contributed by atoms with E-state index in [0.29, 0.717) is 16.8 Å². The molecule has 4 heteroatoms. The van der Waals surface area contributed by atoms with Crippen molar-refractivity contribution in [2.24, 2.45) is 0 Å². The van der Waals surface area contributed by atoms with Crippen molar-refractivity contribution in [2.45, 2.75) is 31.8 Å². The van der Waals surface area contributed by atoms with Gasteiger partial charge in [-0.05, 0) is 44.0 Å². The van der Waals surface area contributed by atoms with E-state index in [1.54, 1.807) is 24.3 Å². The van der Waals surface area contributed by atoms with E-state index in [-0.39, 0.29) is 11.7 Å². The summed E-state index contributed by atoms with van der Waals surface area (Å²) in [5, 5.41) is 3.06. The van der Waals surface area contributed by atoms with Crippen LogP contribution in [0.15, 0.2) is 84.9 Å². The zero-order valence-corrected chi connectivity index (χ0v) is 17.2. The molecule has 0 aliphatic carbocycles. The molecule has 3 aromatic carbocycles. The summed E-state index contributed by atoms with van der Waals surface area (Å²) in [7, 11) is 0. The van der Waals surface area contributed by atoms with Crippen molar-refractivity contribution in [3.05, 3.63) is 102 Å². The number of hydrogen-bond acceptors (Lipinski definition) is 3. The molecule has 1 saturated heterocycles. The average molecular weight is 399 g/mol. The highest BCUT2D eigenvalue weighted by Crippen LogP contribution is 2.32. The molecular weight excluding hydrogens is 372 g/mol. The van der Waals surface area contributed by atoms with Gasteiger partial charge in [0.15, 0.2) is 5.78 Å². The van der Waals surface area contributed by atoms with Gasteiger partial charge in [0.25, 0.3) is 0 Å². The Morgan fingerprint density at radius 2 is 1.53 bits per heavy atom. The Labute approximate surface area is 177 Å². The summed E-state index contributed by atoms with van der Waals surface area (Å²) >= 11 is 0. The van der Waals surface area contributed by atoms with E-state index in [4.69, 9.17) is 0 Å². The first kappa shape index (κ1) is 20.0. The summed E-state index contributed by atoms with van der Waals surface area (Å²) in [6, 6.07) is 26.6. The molecule has 1 N–H and O–H groups in total. The lowest BCUT2D eigenvalue weighted by atomic mass is 9.96. The van der Waals surface area contributed by atoms with Gasteiger partial charge in [-0.3, -0.25) is 14.5 Å². The summed E-state index contributed by atoms with van der Waals surface area (Å²) < 4.78 is 0. The van der Waals surface area contributed by atoms with E-state index in [1.165, 1.54) is 5.56 Å². The first-order valence-electron chi connectivity index (χ1n) is 10.4. The zero-order chi connectivity index (χ0) is 21.0. The van der Waals surface area contributed by atoms with Gasteiger partial charge in [-0.2, -0.15) is 0 Å². The molecule has 0 bridgehead atoms. The fraction of sp³-hybridized carbons (Fsp3) is 0.231. The van der Waals surface area contributed by atoms with Crippen LogP contribution >= 0.6 is 0 Å². The minimum absolute atomic E-state index is 0.0655. The number of para-hydroxylation sites is 1. The normalized spacial score (nSPS) is 18.8. The first-order valence-corrected chi connectivity index (χ1v) is 10.4. The van der Waals surface area contributed by atoms with Gasteiger partial charge in [-0.15, -0.1) is 0 Å². The Morgan fingerprint density at radius 3 is 2.27 bits per heavy atom. The maximum atomic E-state index is 13.4. The van der Waals surface area contributed by atoms with Crippen molar-refractivity contribution in [2.75, 3.05) is 11.9 Å². The second kappa shape index (κ2) is 8.64. The van der Waals surface area contributed by atoms with Gasteiger partial charge in [0.05, 0.1) is 11.2 Å². The van der Waals surface area contributed by atoms with Gasteiger partial charge in [0, 0.05) is 17.7 Å². The van der Waals surface area contributed by atoms with Crippen LogP contribution in [0.4, 0.5) is 5.69 Å². The van der Waals surface area contributed by atoms with Gasteiger partial charge in [0.1, 0.15) is 0 Å². The molecule has 1 heterocycles. The Kier molecular flexibility index (Phi) is 5.77. The van der Waals surface area contributed by atoms with Crippen LogP contribution in [0.3, 0.4) is 0 Å². The maximum absolute atomic E-state index is 13.4. The number of nitrogens with one attached hydrogen (secondary N) is 1. The second-order valence-electron chi connectivity index (χ2n) is 7.98. The third-order valence-corrected chi connectivity index (χ3v) is 5.95. The van der Waals surface area contributed by atoms with E-state index in [1.807, 2.05) is 55.5 Å². The molecule has 1 atom stereocenters. The minimum atomic E-state index is -0.612. The number of amides is 1. The number of carbonyl (C=O) groups is 2. The SMILES string of the molecule is C[C@]1(C(=O)Nc2ccccc2C(=O)c2ccccc2)CCCN1Cc1ccccc1. The number of rotatable bonds is 6. The van der Waals surface area contributed by atoms with Crippen LogP contribution in [0.1, 0.15) is 41.3 Å². The molecule has 1 amide bonds. The predicted octanol–water partition coefficient (Wildman–Crippen LogP) is 4.91. The average Bonchev–Trinajstić information content (AvgIpc) is 3.16. The quantitative estimate of drug-likeness (QED) is 0.600. The van der Waals surface area contributed by atoms with E-state index >= 15 is 0 Å². The van der Waals surface area contributed by atoms with Gasteiger partial charge < -0.3 is 5.32 Å². The third-order valence-electron chi connectivity index (χ3n) is 5.95.